The Kier molecular flexibility index (Phi) is 4.96. The van der Waals surface area contributed by atoms with Crippen LogP contribution < -0.4 is 10.6 Å². The molecule has 1 spiro atoms. The van der Waals surface area contributed by atoms with Crippen molar-refractivity contribution >= 4 is 11.8 Å². The highest BCUT2D eigenvalue weighted by atomic mass is 19.4. The number of amides is 2. The van der Waals surface area contributed by atoms with Gasteiger partial charge in [0.25, 0.3) is 0 Å². The zero-order chi connectivity index (χ0) is 16.4. The molecule has 0 aromatic heterocycles. The van der Waals surface area contributed by atoms with Gasteiger partial charge in [-0.15, -0.1) is 0 Å². The number of ether oxygens (including phenoxy) is 1. The van der Waals surface area contributed by atoms with Gasteiger partial charge in [0.15, 0.2) is 0 Å². The minimum absolute atomic E-state index is 0.269. The van der Waals surface area contributed by atoms with Gasteiger partial charge in [0.05, 0.1) is 6.10 Å². The Balaban J connectivity index is 1.78. The first kappa shape index (κ1) is 17.0. The summed E-state index contributed by atoms with van der Waals surface area (Å²) in [6.07, 6.45) is -4.08. The van der Waals surface area contributed by atoms with Crippen molar-refractivity contribution < 1.29 is 32.6 Å². The molecule has 3 N–H and O–H groups in total. The molecule has 1 aliphatic carbocycles. The van der Waals surface area contributed by atoms with Crippen LogP contribution in [0.25, 0.3) is 0 Å². The van der Waals surface area contributed by atoms with Crippen molar-refractivity contribution in [1.82, 2.24) is 10.6 Å². The number of carbonyl (C=O) groups is 2. The van der Waals surface area contributed by atoms with Crippen molar-refractivity contribution in [2.75, 3.05) is 19.8 Å². The van der Waals surface area contributed by atoms with Gasteiger partial charge < -0.3 is 20.5 Å². The summed E-state index contributed by atoms with van der Waals surface area (Å²) in [5.41, 5.74) is -0.434. The minimum Gasteiger partial charge on any atom is -0.392 e. The summed E-state index contributed by atoms with van der Waals surface area (Å²) in [5.74, 6) is -1.61. The van der Waals surface area contributed by atoms with E-state index in [1.165, 1.54) is 0 Å². The molecular formula is C13H19F3N2O4. The maximum Gasteiger partial charge on any atom is 0.405 e. The number of hydrogen-bond acceptors (Lipinski definition) is 4. The lowest BCUT2D eigenvalue weighted by atomic mass is 9.58. The predicted octanol–water partition coefficient (Wildman–Crippen LogP) is 0.101. The van der Waals surface area contributed by atoms with Crippen molar-refractivity contribution in [1.29, 1.82) is 0 Å². The van der Waals surface area contributed by atoms with Gasteiger partial charge in [0, 0.05) is 24.7 Å². The Bertz CT molecular complexity index is 435. The first-order valence-corrected chi connectivity index (χ1v) is 7.11. The van der Waals surface area contributed by atoms with Gasteiger partial charge >= 0.3 is 6.18 Å². The highest BCUT2D eigenvalue weighted by Gasteiger charge is 2.55. The molecule has 2 fully saturated rings. The second-order valence-electron chi connectivity index (χ2n) is 5.79. The monoisotopic (exact) mass is 324 g/mol. The van der Waals surface area contributed by atoms with E-state index in [9.17, 15) is 27.9 Å². The van der Waals surface area contributed by atoms with Crippen molar-refractivity contribution in [2.45, 2.75) is 44.0 Å². The molecular weight excluding hydrogens is 305 g/mol. The van der Waals surface area contributed by atoms with E-state index in [4.69, 9.17) is 4.74 Å². The SMILES string of the molecule is O=C(CC(=O)N[C@@H]1C[C@@H](O)C12CCOCC2)NCC(F)(F)F. The van der Waals surface area contributed by atoms with Crippen LogP contribution in [0.1, 0.15) is 25.7 Å². The Hall–Kier alpha value is -1.35. The zero-order valence-corrected chi connectivity index (χ0v) is 11.9. The Labute approximate surface area is 125 Å². The van der Waals surface area contributed by atoms with Gasteiger partial charge in [-0.2, -0.15) is 13.2 Å². The molecule has 22 heavy (non-hydrogen) atoms. The number of aliphatic hydroxyl groups is 1. The van der Waals surface area contributed by atoms with Gasteiger partial charge in [0.1, 0.15) is 13.0 Å². The fraction of sp³-hybridized carbons (Fsp3) is 0.846. The van der Waals surface area contributed by atoms with Gasteiger partial charge in [0.2, 0.25) is 11.8 Å². The standard InChI is InChI=1S/C13H19F3N2O4/c14-13(15,16)7-17-10(20)6-11(21)18-8-5-9(19)12(8)1-3-22-4-2-12/h8-9,19H,1-7H2,(H,17,20)(H,18,21)/t8-,9-/m1/s1. The fourth-order valence-electron chi connectivity index (χ4n) is 3.05. The quantitative estimate of drug-likeness (QED) is 0.640. The van der Waals surface area contributed by atoms with Crippen LogP contribution in [0.2, 0.25) is 0 Å². The zero-order valence-electron chi connectivity index (χ0n) is 11.9. The predicted molar refractivity (Wildman–Crippen MR) is 68.7 cm³/mol. The molecule has 126 valence electrons. The van der Waals surface area contributed by atoms with Gasteiger partial charge in [-0.1, -0.05) is 0 Å². The lowest BCUT2D eigenvalue weighted by Crippen LogP contribution is -2.65. The molecule has 1 aliphatic heterocycles. The Morgan fingerprint density at radius 1 is 1.23 bits per heavy atom. The van der Waals surface area contributed by atoms with Crippen molar-refractivity contribution in [2.24, 2.45) is 5.41 Å². The van der Waals surface area contributed by atoms with Crippen molar-refractivity contribution in [3.63, 3.8) is 0 Å². The summed E-state index contributed by atoms with van der Waals surface area (Å²) in [5, 5.41) is 14.2. The van der Waals surface area contributed by atoms with Gasteiger partial charge in [-0.05, 0) is 19.3 Å². The molecule has 2 amide bonds. The lowest BCUT2D eigenvalue weighted by Gasteiger charge is -2.55. The highest BCUT2D eigenvalue weighted by molar-refractivity contribution is 5.97. The van der Waals surface area contributed by atoms with Crippen LogP contribution in [-0.4, -0.2) is 55.0 Å². The average molecular weight is 324 g/mol. The van der Waals surface area contributed by atoms with E-state index >= 15 is 0 Å². The Morgan fingerprint density at radius 3 is 2.41 bits per heavy atom. The molecule has 6 nitrogen and oxygen atoms in total. The first-order valence-electron chi connectivity index (χ1n) is 7.11. The van der Waals surface area contributed by atoms with Gasteiger partial charge in [-0.3, -0.25) is 9.59 Å². The average Bonchev–Trinajstić information content (AvgIpc) is 2.45. The molecule has 2 aliphatic rings. The Morgan fingerprint density at radius 2 is 1.86 bits per heavy atom. The third-order valence-electron chi connectivity index (χ3n) is 4.38. The van der Waals surface area contributed by atoms with E-state index in [2.05, 4.69) is 5.32 Å². The van der Waals surface area contributed by atoms with Crippen LogP contribution in [0.4, 0.5) is 13.2 Å². The summed E-state index contributed by atoms with van der Waals surface area (Å²) in [4.78, 5) is 23.0. The summed E-state index contributed by atoms with van der Waals surface area (Å²) in [6.45, 7) is -0.465. The third kappa shape index (κ3) is 3.89. The number of hydrogen-bond donors (Lipinski definition) is 3. The molecule has 0 aromatic rings. The number of nitrogens with one attached hydrogen (secondary N) is 2. The first-order chi connectivity index (χ1) is 10.2. The van der Waals surface area contributed by atoms with E-state index < -0.39 is 42.5 Å². The molecule has 0 radical (unpaired) electrons. The summed E-state index contributed by atoms with van der Waals surface area (Å²) >= 11 is 0. The number of rotatable bonds is 4. The van der Waals surface area contributed by atoms with E-state index in [-0.39, 0.29) is 6.04 Å². The summed E-state index contributed by atoms with van der Waals surface area (Å²) in [6, 6.07) is -0.269. The third-order valence-corrected chi connectivity index (χ3v) is 4.38. The van der Waals surface area contributed by atoms with Crippen LogP contribution in [0.3, 0.4) is 0 Å². The largest absolute Gasteiger partial charge is 0.405 e. The number of alkyl halides is 3. The molecule has 1 saturated heterocycles. The van der Waals surface area contributed by atoms with Crippen LogP contribution in [0.5, 0.6) is 0 Å². The lowest BCUT2D eigenvalue weighted by molar-refractivity contribution is -0.157. The number of halogens is 3. The van der Waals surface area contributed by atoms with Gasteiger partial charge in [-0.25, -0.2) is 0 Å². The van der Waals surface area contributed by atoms with Crippen LogP contribution in [-0.2, 0) is 14.3 Å². The van der Waals surface area contributed by atoms with Crippen LogP contribution in [0, 0.1) is 5.41 Å². The summed E-state index contributed by atoms with van der Waals surface area (Å²) < 4.78 is 41.1. The number of aliphatic hydroxyl groups excluding tert-OH is 1. The van der Waals surface area contributed by atoms with Crippen molar-refractivity contribution in [3.05, 3.63) is 0 Å². The van der Waals surface area contributed by atoms with Crippen molar-refractivity contribution in [3.8, 4) is 0 Å². The molecule has 1 saturated carbocycles. The normalized spacial score (nSPS) is 27.1. The van der Waals surface area contributed by atoms with E-state index in [0.29, 0.717) is 32.5 Å². The topological polar surface area (TPSA) is 87.7 Å². The van der Waals surface area contributed by atoms with Crippen LogP contribution in [0.15, 0.2) is 0 Å². The molecule has 1 heterocycles. The smallest absolute Gasteiger partial charge is 0.392 e. The van der Waals surface area contributed by atoms with E-state index in [0.717, 1.165) is 0 Å². The maximum atomic E-state index is 12.0. The molecule has 9 heteroatoms. The second kappa shape index (κ2) is 6.41. The van der Waals surface area contributed by atoms with E-state index in [1.54, 1.807) is 5.32 Å². The molecule has 0 aromatic carbocycles. The maximum absolute atomic E-state index is 12.0. The second-order valence-corrected chi connectivity index (χ2v) is 5.79. The highest BCUT2D eigenvalue weighted by Crippen LogP contribution is 2.48. The molecule has 0 unspecified atom stereocenters. The van der Waals surface area contributed by atoms with E-state index in [1.807, 2.05) is 0 Å². The number of carbonyl (C=O) groups excluding carboxylic acids is 2. The molecule has 2 atom stereocenters. The fourth-order valence-corrected chi connectivity index (χ4v) is 3.05. The van der Waals surface area contributed by atoms with Crippen LogP contribution >= 0.6 is 0 Å². The molecule has 2 rings (SSSR count). The molecule has 0 bridgehead atoms. The summed E-state index contributed by atoms with van der Waals surface area (Å²) in [7, 11) is 0. The minimum atomic E-state index is -4.50.